The van der Waals surface area contributed by atoms with Crippen LogP contribution >= 0.6 is 0 Å². The highest BCUT2D eigenvalue weighted by Gasteiger charge is 2.14. The minimum atomic E-state index is -3.37. The maximum atomic E-state index is 11.1. The summed E-state index contributed by atoms with van der Waals surface area (Å²) in [5, 5.41) is 12.4. The standard InChI is InChI=1S/C15H24N2O4/c1-12(2)17(16-19)10-14(18)11-21-15-6-4-13(5-7-15)8-9-20-3/h4-7,12,14,18H,8-11H2,1-3H3/i1D3,2D3,12D. The van der Waals surface area contributed by atoms with Crippen molar-refractivity contribution in [2.24, 2.45) is 5.29 Å². The number of aliphatic hydroxyl groups excluding tert-OH is 1. The highest BCUT2D eigenvalue weighted by molar-refractivity contribution is 5.27. The Balaban J connectivity index is 2.76. The van der Waals surface area contributed by atoms with Gasteiger partial charge in [-0.1, -0.05) is 12.1 Å². The van der Waals surface area contributed by atoms with Crippen LogP contribution in [0.15, 0.2) is 29.6 Å². The number of methoxy groups -OCH3 is 1. The highest BCUT2D eigenvalue weighted by atomic mass is 16.5. The third-order valence-electron chi connectivity index (χ3n) is 2.70. The first kappa shape index (κ1) is 9.38. The van der Waals surface area contributed by atoms with E-state index in [1.807, 2.05) is 0 Å². The lowest BCUT2D eigenvalue weighted by molar-refractivity contribution is 0.0579. The van der Waals surface area contributed by atoms with Crippen molar-refractivity contribution < 1.29 is 24.2 Å². The lowest BCUT2D eigenvalue weighted by atomic mass is 10.1. The van der Waals surface area contributed by atoms with Crippen molar-refractivity contribution in [1.82, 2.24) is 5.01 Å². The van der Waals surface area contributed by atoms with Gasteiger partial charge in [0.25, 0.3) is 0 Å². The molecule has 1 N–H and O–H groups in total. The maximum Gasteiger partial charge on any atom is 0.119 e. The third kappa shape index (κ3) is 6.55. The number of rotatable bonds is 10. The van der Waals surface area contributed by atoms with E-state index in [1.165, 1.54) is 0 Å². The van der Waals surface area contributed by atoms with Gasteiger partial charge in [-0.3, -0.25) is 5.01 Å². The fourth-order valence-corrected chi connectivity index (χ4v) is 1.58. The number of benzene rings is 1. The fourth-order valence-electron chi connectivity index (χ4n) is 1.58. The van der Waals surface area contributed by atoms with Crippen LogP contribution in [0.3, 0.4) is 0 Å². The predicted octanol–water partition coefficient (Wildman–Crippen LogP) is 2.01. The molecule has 1 aromatic rings. The van der Waals surface area contributed by atoms with Crippen molar-refractivity contribution in [3.63, 3.8) is 0 Å². The van der Waals surface area contributed by atoms with Gasteiger partial charge in [0.1, 0.15) is 18.5 Å². The van der Waals surface area contributed by atoms with E-state index in [4.69, 9.17) is 19.1 Å². The molecular weight excluding hydrogens is 272 g/mol. The SMILES string of the molecule is [2H]C([2H])([2H])C([2H])(N(CC(O)COc1ccc(CCOC)cc1)N=O)C([2H])([2H])[2H]. The van der Waals surface area contributed by atoms with Crippen LogP contribution in [-0.2, 0) is 11.2 Å². The van der Waals surface area contributed by atoms with Gasteiger partial charge in [-0.15, -0.1) is 4.91 Å². The summed E-state index contributed by atoms with van der Waals surface area (Å²) in [6.45, 7) is -7.33. The summed E-state index contributed by atoms with van der Waals surface area (Å²) >= 11 is 0. The molecule has 0 aromatic heterocycles. The van der Waals surface area contributed by atoms with Gasteiger partial charge in [-0.05, 0) is 37.8 Å². The number of ether oxygens (including phenoxy) is 2. The van der Waals surface area contributed by atoms with E-state index in [9.17, 15) is 10.0 Å². The number of aliphatic hydroxyl groups is 1. The Morgan fingerprint density at radius 1 is 1.43 bits per heavy atom. The minimum Gasteiger partial charge on any atom is -0.491 e. The largest absolute Gasteiger partial charge is 0.491 e. The molecule has 118 valence electrons. The Morgan fingerprint density at radius 3 is 2.71 bits per heavy atom. The monoisotopic (exact) mass is 303 g/mol. The van der Waals surface area contributed by atoms with Gasteiger partial charge in [0.05, 0.1) is 19.8 Å². The molecule has 0 aliphatic rings. The van der Waals surface area contributed by atoms with E-state index in [0.717, 1.165) is 12.0 Å². The van der Waals surface area contributed by atoms with Gasteiger partial charge in [0, 0.05) is 21.4 Å². The summed E-state index contributed by atoms with van der Waals surface area (Å²) in [6.07, 6.45) is -0.741. The third-order valence-corrected chi connectivity index (χ3v) is 2.70. The van der Waals surface area contributed by atoms with Gasteiger partial charge in [0.2, 0.25) is 0 Å². The second kappa shape index (κ2) is 9.31. The van der Waals surface area contributed by atoms with Crippen LogP contribution in [0, 0.1) is 4.91 Å². The summed E-state index contributed by atoms with van der Waals surface area (Å²) < 4.78 is 62.3. The Kier molecular flexibility index (Phi) is 4.16. The molecular formula is C15H24N2O4. The van der Waals surface area contributed by atoms with Crippen molar-refractivity contribution in [3.8, 4) is 5.75 Å². The minimum absolute atomic E-state index is 0.0227. The van der Waals surface area contributed by atoms with E-state index in [2.05, 4.69) is 5.29 Å². The highest BCUT2D eigenvalue weighted by Crippen LogP contribution is 2.13. The molecule has 6 heteroatoms. The first-order chi connectivity index (χ1) is 12.9. The van der Waals surface area contributed by atoms with Crippen molar-refractivity contribution in [2.45, 2.75) is 32.2 Å². The van der Waals surface area contributed by atoms with Crippen molar-refractivity contribution in [3.05, 3.63) is 34.7 Å². The second-order valence-electron chi connectivity index (χ2n) is 4.36. The molecule has 1 aromatic carbocycles. The molecule has 0 aliphatic heterocycles. The average Bonchev–Trinajstić information content (AvgIpc) is 2.61. The van der Waals surface area contributed by atoms with Gasteiger partial charge in [-0.25, -0.2) is 0 Å². The van der Waals surface area contributed by atoms with Crippen LogP contribution in [0.1, 0.15) is 28.9 Å². The van der Waals surface area contributed by atoms with E-state index in [0.29, 0.717) is 12.4 Å². The molecule has 0 radical (unpaired) electrons. The fraction of sp³-hybridized carbons (Fsp3) is 0.600. The Bertz CT molecular complexity index is 608. The zero-order valence-corrected chi connectivity index (χ0v) is 11.8. The second-order valence-corrected chi connectivity index (χ2v) is 4.36. The van der Waals surface area contributed by atoms with Gasteiger partial charge < -0.3 is 14.6 Å². The van der Waals surface area contributed by atoms with Crippen molar-refractivity contribution >= 4 is 0 Å². The lowest BCUT2D eigenvalue weighted by Crippen LogP contribution is -2.36. The van der Waals surface area contributed by atoms with Crippen LogP contribution in [-0.4, -0.2) is 49.1 Å². The molecule has 1 unspecified atom stereocenters. The Morgan fingerprint density at radius 2 is 2.14 bits per heavy atom. The lowest BCUT2D eigenvalue weighted by Gasteiger charge is -2.22. The molecule has 0 bridgehead atoms. The van der Waals surface area contributed by atoms with Crippen LogP contribution in [0.4, 0.5) is 0 Å². The summed E-state index contributed by atoms with van der Waals surface area (Å²) in [7, 11) is 1.60. The normalized spacial score (nSPS) is 18.9. The molecule has 0 fully saturated rings. The molecule has 0 saturated heterocycles. The summed E-state index contributed by atoms with van der Waals surface area (Å²) in [6, 6.07) is 3.63. The quantitative estimate of drug-likeness (QED) is 0.529. The Hall–Kier alpha value is -1.66. The summed E-state index contributed by atoms with van der Waals surface area (Å²) in [4.78, 5) is 11.1. The zero-order chi connectivity index (χ0) is 21.6. The van der Waals surface area contributed by atoms with Crippen LogP contribution < -0.4 is 4.74 Å². The van der Waals surface area contributed by atoms with Crippen LogP contribution in [0.5, 0.6) is 5.75 Å². The first-order valence-corrected chi connectivity index (χ1v) is 6.36. The number of hydrogen-bond donors (Lipinski definition) is 1. The van der Waals surface area contributed by atoms with Crippen molar-refractivity contribution in [1.29, 1.82) is 0 Å². The summed E-state index contributed by atoms with van der Waals surface area (Å²) in [5.74, 6) is 0.412. The number of hydrogen-bond acceptors (Lipinski definition) is 5. The average molecular weight is 303 g/mol. The van der Waals surface area contributed by atoms with Gasteiger partial charge in [0.15, 0.2) is 0 Å². The van der Waals surface area contributed by atoms with E-state index in [-0.39, 0.29) is 11.6 Å². The Labute approximate surface area is 135 Å². The van der Waals surface area contributed by atoms with Gasteiger partial charge in [-0.2, -0.15) is 0 Å². The van der Waals surface area contributed by atoms with Crippen LogP contribution in [0.25, 0.3) is 0 Å². The van der Waals surface area contributed by atoms with Gasteiger partial charge >= 0.3 is 0 Å². The van der Waals surface area contributed by atoms with E-state index >= 15 is 0 Å². The smallest absolute Gasteiger partial charge is 0.119 e. The molecule has 0 saturated carbocycles. The zero-order valence-electron chi connectivity index (χ0n) is 18.8. The number of nitrogens with zero attached hydrogens (tertiary/aromatic N) is 2. The molecule has 6 nitrogen and oxygen atoms in total. The predicted molar refractivity (Wildman–Crippen MR) is 81.2 cm³/mol. The van der Waals surface area contributed by atoms with E-state index in [1.54, 1.807) is 31.4 Å². The topological polar surface area (TPSA) is 71.4 Å². The molecule has 21 heavy (non-hydrogen) atoms. The maximum absolute atomic E-state index is 11.1. The van der Waals surface area contributed by atoms with Crippen LogP contribution in [0.2, 0.25) is 0 Å². The molecule has 0 aliphatic carbocycles. The molecule has 0 heterocycles. The number of nitroso groups, excluding NO2 is 1. The molecule has 1 atom stereocenters. The van der Waals surface area contributed by atoms with Crippen molar-refractivity contribution in [2.75, 3.05) is 26.9 Å². The molecule has 0 spiro atoms. The first-order valence-electron chi connectivity index (χ1n) is 9.86. The molecule has 1 rings (SSSR count). The van der Waals surface area contributed by atoms with E-state index < -0.39 is 32.4 Å². The molecule has 0 amide bonds. The summed E-state index contributed by atoms with van der Waals surface area (Å²) in [5.41, 5.74) is 1.01.